The van der Waals surface area contributed by atoms with E-state index in [4.69, 9.17) is 5.73 Å². The number of rotatable bonds is 8. The number of hydrogen-bond acceptors (Lipinski definition) is 5. The quantitative estimate of drug-likeness (QED) is 0.574. The summed E-state index contributed by atoms with van der Waals surface area (Å²) in [6.07, 6.45) is 0.204. The average molecular weight is 280 g/mol. The van der Waals surface area contributed by atoms with Crippen molar-refractivity contribution in [1.82, 2.24) is 4.72 Å². The number of primary amides is 1. The summed E-state index contributed by atoms with van der Waals surface area (Å²) in [5.41, 5.74) is 4.17. The largest absolute Gasteiger partial charge is 0.469 e. The molecular formula is C10H20N2O5S. The second-order valence-electron chi connectivity index (χ2n) is 4.57. The number of nitrogens with one attached hydrogen (secondary N) is 1. The Hall–Kier alpha value is -1.15. The molecule has 0 bridgehead atoms. The summed E-state index contributed by atoms with van der Waals surface area (Å²) in [4.78, 5) is 21.8. The fourth-order valence-corrected chi connectivity index (χ4v) is 2.21. The lowest BCUT2D eigenvalue weighted by Crippen LogP contribution is -2.43. The van der Waals surface area contributed by atoms with Gasteiger partial charge in [-0.3, -0.25) is 9.59 Å². The van der Waals surface area contributed by atoms with Gasteiger partial charge in [-0.05, 0) is 20.3 Å². The molecule has 0 aromatic carbocycles. The highest BCUT2D eigenvalue weighted by atomic mass is 32.2. The Bertz CT molecular complexity index is 402. The molecule has 7 nitrogen and oxygen atoms in total. The van der Waals surface area contributed by atoms with E-state index in [1.165, 1.54) is 7.11 Å². The Balaban J connectivity index is 4.17. The lowest BCUT2D eigenvalue weighted by Gasteiger charge is -2.20. The Labute approximate surface area is 107 Å². The van der Waals surface area contributed by atoms with Gasteiger partial charge in [0.05, 0.1) is 18.3 Å². The molecule has 0 saturated carbocycles. The number of hydrogen-bond donors (Lipinski definition) is 2. The predicted molar refractivity (Wildman–Crippen MR) is 66.0 cm³/mol. The molecular weight excluding hydrogens is 260 g/mol. The molecule has 106 valence electrons. The van der Waals surface area contributed by atoms with Crippen LogP contribution >= 0.6 is 0 Å². The van der Waals surface area contributed by atoms with E-state index in [-0.39, 0.29) is 25.1 Å². The van der Waals surface area contributed by atoms with Crippen LogP contribution in [-0.4, -0.2) is 39.7 Å². The molecule has 0 aromatic rings. The highest BCUT2D eigenvalue weighted by Gasteiger charge is 2.26. The summed E-state index contributed by atoms with van der Waals surface area (Å²) in [6.45, 7) is 3.03. The smallest absolute Gasteiger partial charge is 0.305 e. The van der Waals surface area contributed by atoms with E-state index in [2.05, 4.69) is 9.46 Å². The minimum atomic E-state index is -3.52. The SMILES string of the molecule is COC(=O)CCCS(=O)(=O)NCC(C)(C)C(N)=O. The van der Waals surface area contributed by atoms with Crippen molar-refractivity contribution in [3.8, 4) is 0 Å². The lowest BCUT2D eigenvalue weighted by atomic mass is 9.93. The minimum Gasteiger partial charge on any atom is -0.469 e. The Morgan fingerprint density at radius 2 is 1.89 bits per heavy atom. The highest BCUT2D eigenvalue weighted by Crippen LogP contribution is 2.12. The monoisotopic (exact) mass is 280 g/mol. The molecule has 0 saturated heterocycles. The van der Waals surface area contributed by atoms with Crippen LogP contribution in [0.15, 0.2) is 0 Å². The van der Waals surface area contributed by atoms with Crippen LogP contribution in [0.1, 0.15) is 26.7 Å². The zero-order valence-electron chi connectivity index (χ0n) is 10.9. The zero-order chi connectivity index (χ0) is 14.4. The number of nitrogens with two attached hydrogens (primary N) is 1. The predicted octanol–water partition coefficient (Wildman–Crippen LogP) is -0.629. The van der Waals surface area contributed by atoms with E-state index < -0.39 is 27.3 Å². The van der Waals surface area contributed by atoms with Crippen molar-refractivity contribution < 1.29 is 22.7 Å². The molecule has 0 aromatic heterocycles. The minimum absolute atomic E-state index is 0.0383. The summed E-state index contributed by atoms with van der Waals surface area (Å²) in [7, 11) is -2.28. The molecule has 0 unspecified atom stereocenters. The van der Waals surface area contributed by atoms with Gasteiger partial charge in [0, 0.05) is 13.0 Å². The van der Waals surface area contributed by atoms with Crippen LogP contribution in [0.4, 0.5) is 0 Å². The van der Waals surface area contributed by atoms with Crippen LogP contribution in [0.25, 0.3) is 0 Å². The van der Waals surface area contributed by atoms with E-state index in [1.54, 1.807) is 13.8 Å². The summed E-state index contributed by atoms with van der Waals surface area (Å²) in [5, 5.41) is 0. The first-order valence-electron chi connectivity index (χ1n) is 5.45. The molecule has 0 heterocycles. The van der Waals surface area contributed by atoms with Crippen molar-refractivity contribution in [2.75, 3.05) is 19.4 Å². The standard InChI is InChI=1S/C10H20N2O5S/c1-10(2,9(11)14)7-12-18(15,16)6-4-5-8(13)17-3/h12H,4-7H2,1-3H3,(H2,11,14). The normalized spacial score (nSPS) is 12.2. The van der Waals surface area contributed by atoms with Gasteiger partial charge in [0.1, 0.15) is 0 Å². The number of sulfonamides is 1. The third-order valence-electron chi connectivity index (χ3n) is 2.42. The fourth-order valence-electron chi connectivity index (χ4n) is 0.958. The average Bonchev–Trinajstić information content (AvgIpc) is 2.26. The Morgan fingerprint density at radius 3 is 2.33 bits per heavy atom. The van der Waals surface area contributed by atoms with Gasteiger partial charge in [-0.25, -0.2) is 13.1 Å². The molecule has 0 spiro atoms. The van der Waals surface area contributed by atoms with Gasteiger partial charge in [0.25, 0.3) is 0 Å². The summed E-state index contributed by atoms with van der Waals surface area (Å²) >= 11 is 0. The maximum absolute atomic E-state index is 11.6. The van der Waals surface area contributed by atoms with Gasteiger partial charge in [-0.2, -0.15) is 0 Å². The molecule has 18 heavy (non-hydrogen) atoms. The number of amides is 1. The summed E-state index contributed by atoms with van der Waals surface area (Å²) < 4.78 is 29.8. The Kier molecular flexibility index (Phi) is 6.27. The zero-order valence-corrected chi connectivity index (χ0v) is 11.7. The molecule has 0 aliphatic rings. The van der Waals surface area contributed by atoms with Crippen molar-refractivity contribution >= 4 is 21.9 Å². The number of esters is 1. The number of carbonyl (C=O) groups excluding carboxylic acids is 2. The van der Waals surface area contributed by atoms with Gasteiger partial charge in [-0.15, -0.1) is 0 Å². The first kappa shape index (κ1) is 16.9. The first-order chi connectivity index (χ1) is 8.10. The topological polar surface area (TPSA) is 116 Å². The van der Waals surface area contributed by atoms with Gasteiger partial charge < -0.3 is 10.5 Å². The van der Waals surface area contributed by atoms with Crippen LogP contribution in [0.2, 0.25) is 0 Å². The maximum Gasteiger partial charge on any atom is 0.305 e. The van der Waals surface area contributed by atoms with E-state index in [0.717, 1.165) is 0 Å². The summed E-state index contributed by atoms with van der Waals surface area (Å²) in [6, 6.07) is 0. The number of carbonyl (C=O) groups is 2. The van der Waals surface area contributed by atoms with Crippen LogP contribution in [0.3, 0.4) is 0 Å². The third-order valence-corrected chi connectivity index (χ3v) is 3.83. The number of methoxy groups -OCH3 is 1. The maximum atomic E-state index is 11.6. The molecule has 0 fully saturated rings. The first-order valence-corrected chi connectivity index (χ1v) is 7.10. The van der Waals surface area contributed by atoms with E-state index >= 15 is 0 Å². The molecule has 0 radical (unpaired) electrons. The third kappa shape index (κ3) is 6.55. The van der Waals surface area contributed by atoms with Crippen LogP contribution in [-0.2, 0) is 24.3 Å². The molecule has 0 aliphatic heterocycles. The van der Waals surface area contributed by atoms with E-state index in [9.17, 15) is 18.0 Å². The Morgan fingerprint density at radius 1 is 1.33 bits per heavy atom. The van der Waals surface area contributed by atoms with Crippen LogP contribution < -0.4 is 10.5 Å². The second kappa shape index (κ2) is 6.69. The van der Waals surface area contributed by atoms with Crippen molar-refractivity contribution in [2.45, 2.75) is 26.7 Å². The van der Waals surface area contributed by atoms with Crippen LogP contribution in [0.5, 0.6) is 0 Å². The molecule has 3 N–H and O–H groups in total. The second-order valence-corrected chi connectivity index (χ2v) is 6.49. The van der Waals surface area contributed by atoms with Crippen molar-refractivity contribution in [1.29, 1.82) is 0 Å². The molecule has 8 heteroatoms. The van der Waals surface area contributed by atoms with Crippen molar-refractivity contribution in [2.24, 2.45) is 11.1 Å². The molecule has 0 aliphatic carbocycles. The van der Waals surface area contributed by atoms with Crippen LogP contribution in [0, 0.1) is 5.41 Å². The lowest BCUT2D eigenvalue weighted by molar-refractivity contribution is -0.140. The summed E-state index contributed by atoms with van der Waals surface area (Å²) in [5.74, 6) is -1.24. The van der Waals surface area contributed by atoms with E-state index in [0.29, 0.717) is 0 Å². The van der Waals surface area contributed by atoms with Crippen molar-refractivity contribution in [3.63, 3.8) is 0 Å². The van der Waals surface area contributed by atoms with Gasteiger partial charge in [0.15, 0.2) is 0 Å². The molecule has 1 amide bonds. The van der Waals surface area contributed by atoms with Gasteiger partial charge >= 0.3 is 5.97 Å². The van der Waals surface area contributed by atoms with Gasteiger partial charge in [0.2, 0.25) is 15.9 Å². The fraction of sp³-hybridized carbons (Fsp3) is 0.800. The highest BCUT2D eigenvalue weighted by molar-refractivity contribution is 7.89. The molecule has 0 rings (SSSR count). The van der Waals surface area contributed by atoms with Crippen molar-refractivity contribution in [3.05, 3.63) is 0 Å². The number of ether oxygens (including phenoxy) is 1. The molecule has 0 atom stereocenters. The van der Waals surface area contributed by atoms with E-state index in [1.807, 2.05) is 0 Å². The van der Waals surface area contributed by atoms with Gasteiger partial charge in [-0.1, -0.05) is 0 Å².